The van der Waals surface area contributed by atoms with E-state index in [4.69, 9.17) is 9.84 Å². The van der Waals surface area contributed by atoms with Gasteiger partial charge in [0.05, 0.1) is 6.04 Å². The van der Waals surface area contributed by atoms with E-state index in [2.05, 4.69) is 10.1 Å². The first-order valence-corrected chi connectivity index (χ1v) is 8.49. The summed E-state index contributed by atoms with van der Waals surface area (Å²) in [5.74, 6) is -1.10. The number of halogens is 2. The van der Waals surface area contributed by atoms with Gasteiger partial charge in [0.1, 0.15) is 11.5 Å². The summed E-state index contributed by atoms with van der Waals surface area (Å²) in [6.45, 7) is 1.63. The van der Waals surface area contributed by atoms with Crippen molar-refractivity contribution < 1.29 is 33.0 Å². The summed E-state index contributed by atoms with van der Waals surface area (Å²) in [7, 11) is 0. The minimum Gasteiger partial charge on any atom is -0.481 e. The van der Waals surface area contributed by atoms with Crippen LogP contribution in [0.3, 0.4) is 0 Å². The number of ether oxygens (including phenoxy) is 2. The number of rotatable bonds is 8. The lowest BCUT2D eigenvalue weighted by molar-refractivity contribution is -0.139. The zero-order valence-electron chi connectivity index (χ0n) is 15.7. The fourth-order valence-electron chi connectivity index (χ4n) is 2.84. The van der Waals surface area contributed by atoms with Crippen molar-refractivity contribution >= 4 is 11.9 Å². The Morgan fingerprint density at radius 2 is 1.75 bits per heavy atom. The Morgan fingerprint density at radius 3 is 2.32 bits per heavy atom. The SMILES string of the molecule is Cc1cc(C(=O)NC(C)c2ccccc2OC(F)F)cc(C)c1OCC(=O)O. The van der Waals surface area contributed by atoms with E-state index in [-0.39, 0.29) is 5.75 Å². The zero-order chi connectivity index (χ0) is 20.8. The molecule has 8 heteroatoms. The molecule has 0 spiro atoms. The third-order valence-electron chi connectivity index (χ3n) is 4.01. The highest BCUT2D eigenvalue weighted by Gasteiger charge is 2.18. The number of amides is 1. The van der Waals surface area contributed by atoms with Crippen LogP contribution in [0.5, 0.6) is 11.5 Å². The fraction of sp³-hybridized carbons (Fsp3) is 0.300. The summed E-state index contributed by atoms with van der Waals surface area (Å²) in [5.41, 5.74) is 1.99. The van der Waals surface area contributed by atoms with Crippen LogP contribution in [0.2, 0.25) is 0 Å². The maximum absolute atomic E-state index is 12.6. The van der Waals surface area contributed by atoms with E-state index < -0.39 is 31.1 Å². The zero-order valence-corrected chi connectivity index (χ0v) is 15.7. The third kappa shape index (κ3) is 5.42. The molecule has 0 radical (unpaired) electrons. The molecule has 0 aromatic heterocycles. The number of hydrogen-bond donors (Lipinski definition) is 2. The minimum absolute atomic E-state index is 0.00456. The van der Waals surface area contributed by atoms with Gasteiger partial charge in [-0.3, -0.25) is 4.79 Å². The number of para-hydroxylation sites is 1. The summed E-state index contributed by atoms with van der Waals surface area (Å²) in [6, 6.07) is 8.82. The van der Waals surface area contributed by atoms with Crippen LogP contribution in [0.1, 0.15) is 40.0 Å². The second-order valence-electron chi connectivity index (χ2n) is 6.23. The monoisotopic (exact) mass is 393 g/mol. The van der Waals surface area contributed by atoms with Crippen LogP contribution in [0.4, 0.5) is 8.78 Å². The summed E-state index contributed by atoms with van der Waals surface area (Å²) in [6.07, 6.45) is 0. The Kier molecular flexibility index (Phi) is 6.92. The average molecular weight is 393 g/mol. The number of carboxylic acids is 1. The summed E-state index contributed by atoms with van der Waals surface area (Å²) in [4.78, 5) is 23.3. The van der Waals surface area contributed by atoms with Crippen LogP contribution in [0, 0.1) is 13.8 Å². The van der Waals surface area contributed by atoms with Crippen LogP contribution in [-0.4, -0.2) is 30.2 Å². The number of carbonyl (C=O) groups is 2. The summed E-state index contributed by atoms with van der Waals surface area (Å²) < 4.78 is 34.9. The number of aryl methyl sites for hydroxylation is 2. The van der Waals surface area contributed by atoms with Crippen molar-refractivity contribution in [3.05, 3.63) is 58.7 Å². The van der Waals surface area contributed by atoms with Crippen LogP contribution in [-0.2, 0) is 4.79 Å². The lowest BCUT2D eigenvalue weighted by Crippen LogP contribution is -2.27. The molecule has 0 aliphatic carbocycles. The van der Waals surface area contributed by atoms with Crippen molar-refractivity contribution in [1.29, 1.82) is 0 Å². The van der Waals surface area contributed by atoms with Crippen molar-refractivity contribution in [2.45, 2.75) is 33.4 Å². The Balaban J connectivity index is 2.18. The number of benzene rings is 2. The van der Waals surface area contributed by atoms with Gasteiger partial charge in [-0.25, -0.2) is 4.79 Å². The molecule has 0 aliphatic rings. The van der Waals surface area contributed by atoms with E-state index in [1.165, 1.54) is 6.07 Å². The molecule has 150 valence electrons. The highest BCUT2D eigenvalue weighted by atomic mass is 19.3. The smallest absolute Gasteiger partial charge is 0.387 e. The first-order valence-electron chi connectivity index (χ1n) is 8.49. The molecule has 28 heavy (non-hydrogen) atoms. The van der Waals surface area contributed by atoms with Gasteiger partial charge in [0, 0.05) is 11.1 Å². The number of alkyl halides is 2. The van der Waals surface area contributed by atoms with E-state index >= 15 is 0 Å². The summed E-state index contributed by atoms with van der Waals surface area (Å²) in [5, 5.41) is 11.5. The van der Waals surface area contributed by atoms with Crippen molar-refractivity contribution in [3.8, 4) is 11.5 Å². The molecule has 2 aromatic rings. The molecular weight excluding hydrogens is 372 g/mol. The topological polar surface area (TPSA) is 84.9 Å². The molecule has 6 nitrogen and oxygen atoms in total. The van der Waals surface area contributed by atoms with Crippen LogP contribution in [0.15, 0.2) is 36.4 Å². The summed E-state index contributed by atoms with van der Waals surface area (Å²) >= 11 is 0. The number of hydrogen-bond acceptors (Lipinski definition) is 4. The van der Waals surface area contributed by atoms with Gasteiger partial charge >= 0.3 is 12.6 Å². The Morgan fingerprint density at radius 1 is 1.14 bits per heavy atom. The van der Waals surface area contributed by atoms with E-state index in [0.717, 1.165) is 0 Å². The molecule has 2 aromatic carbocycles. The second kappa shape index (κ2) is 9.16. The van der Waals surface area contributed by atoms with E-state index in [1.807, 2.05) is 0 Å². The van der Waals surface area contributed by atoms with Crippen LogP contribution >= 0.6 is 0 Å². The Bertz CT molecular complexity index is 846. The molecule has 0 bridgehead atoms. The van der Waals surface area contributed by atoms with Gasteiger partial charge in [-0.1, -0.05) is 18.2 Å². The number of carboxylic acid groups (broad SMARTS) is 1. The quantitative estimate of drug-likeness (QED) is 0.711. The molecule has 1 amide bonds. The van der Waals surface area contributed by atoms with Gasteiger partial charge in [0.15, 0.2) is 6.61 Å². The molecule has 2 rings (SSSR count). The van der Waals surface area contributed by atoms with Crippen molar-refractivity contribution in [2.24, 2.45) is 0 Å². The molecule has 2 N–H and O–H groups in total. The standard InChI is InChI=1S/C20H21F2NO5/c1-11-8-14(9-12(2)18(11)27-10-17(24)25)19(26)23-13(3)15-6-4-5-7-16(15)28-20(21)22/h4-9,13,20H,10H2,1-3H3,(H,23,26)(H,24,25). The molecule has 0 heterocycles. The van der Waals surface area contributed by atoms with Gasteiger partial charge in [-0.15, -0.1) is 0 Å². The van der Waals surface area contributed by atoms with Crippen LogP contribution < -0.4 is 14.8 Å². The number of carbonyl (C=O) groups excluding carboxylic acids is 1. The molecule has 0 aliphatic heterocycles. The lowest BCUT2D eigenvalue weighted by atomic mass is 10.0. The van der Waals surface area contributed by atoms with E-state index in [1.54, 1.807) is 51.1 Å². The molecule has 0 saturated heterocycles. The Labute approximate surface area is 161 Å². The lowest BCUT2D eigenvalue weighted by Gasteiger charge is -2.19. The largest absolute Gasteiger partial charge is 0.481 e. The highest BCUT2D eigenvalue weighted by Crippen LogP contribution is 2.28. The van der Waals surface area contributed by atoms with Crippen molar-refractivity contribution in [2.75, 3.05) is 6.61 Å². The predicted molar refractivity (Wildman–Crippen MR) is 98.0 cm³/mol. The van der Waals surface area contributed by atoms with Crippen LogP contribution in [0.25, 0.3) is 0 Å². The number of aliphatic carboxylic acids is 1. The van der Waals surface area contributed by atoms with Gasteiger partial charge in [-0.2, -0.15) is 8.78 Å². The third-order valence-corrected chi connectivity index (χ3v) is 4.01. The molecule has 1 unspecified atom stereocenters. The first-order chi connectivity index (χ1) is 13.2. The van der Waals surface area contributed by atoms with Gasteiger partial charge in [0.2, 0.25) is 0 Å². The van der Waals surface area contributed by atoms with Gasteiger partial charge in [-0.05, 0) is 50.1 Å². The predicted octanol–water partition coefficient (Wildman–Crippen LogP) is 3.86. The van der Waals surface area contributed by atoms with E-state index in [0.29, 0.717) is 28.0 Å². The molecule has 1 atom stereocenters. The molecule has 0 fully saturated rings. The van der Waals surface area contributed by atoms with Crippen molar-refractivity contribution in [1.82, 2.24) is 5.32 Å². The normalized spacial score (nSPS) is 11.8. The van der Waals surface area contributed by atoms with Crippen molar-refractivity contribution in [3.63, 3.8) is 0 Å². The number of nitrogens with one attached hydrogen (secondary N) is 1. The maximum atomic E-state index is 12.6. The average Bonchev–Trinajstić information content (AvgIpc) is 2.60. The van der Waals surface area contributed by atoms with Gasteiger partial charge in [0.25, 0.3) is 5.91 Å². The second-order valence-corrected chi connectivity index (χ2v) is 6.23. The molecular formula is C20H21F2NO5. The fourth-order valence-corrected chi connectivity index (χ4v) is 2.84. The van der Waals surface area contributed by atoms with Gasteiger partial charge < -0.3 is 19.9 Å². The Hall–Kier alpha value is -3.16. The minimum atomic E-state index is -2.97. The van der Waals surface area contributed by atoms with E-state index in [9.17, 15) is 18.4 Å². The maximum Gasteiger partial charge on any atom is 0.387 e. The highest BCUT2D eigenvalue weighted by molar-refractivity contribution is 5.95. The molecule has 0 saturated carbocycles. The first kappa shape index (κ1) is 21.1.